The van der Waals surface area contributed by atoms with Crippen molar-refractivity contribution in [1.82, 2.24) is 0 Å². The van der Waals surface area contributed by atoms with E-state index in [9.17, 15) is 19.2 Å². The van der Waals surface area contributed by atoms with Crippen LogP contribution in [0.5, 0.6) is 17.2 Å². The van der Waals surface area contributed by atoms with E-state index in [0.717, 1.165) is 16.7 Å². The molecule has 7 nitrogen and oxygen atoms in total. The fraction of sp³-hybridized carbons (Fsp3) is 0. The minimum absolute atomic E-state index is 0.0571. The fourth-order valence-electron chi connectivity index (χ4n) is 4.30. The molecule has 0 saturated heterocycles. The highest BCUT2D eigenvalue weighted by Crippen LogP contribution is 2.28. The molecule has 0 heterocycles. The molecule has 0 amide bonds. The lowest BCUT2D eigenvalue weighted by molar-refractivity contribution is -0.130. The van der Waals surface area contributed by atoms with Crippen molar-refractivity contribution in [3.8, 4) is 17.2 Å². The summed E-state index contributed by atoms with van der Waals surface area (Å²) in [6.07, 6.45) is 8.65. The number of ether oxygens (including phenoxy) is 3. The van der Waals surface area contributed by atoms with Crippen molar-refractivity contribution in [3.63, 3.8) is 0 Å². The zero-order valence-electron chi connectivity index (χ0n) is 25.0. The van der Waals surface area contributed by atoms with Gasteiger partial charge in [-0.25, -0.2) is 14.4 Å². The van der Waals surface area contributed by atoms with Crippen LogP contribution in [-0.2, 0) is 14.4 Å². The van der Waals surface area contributed by atoms with Gasteiger partial charge in [-0.1, -0.05) is 91.0 Å². The Morgan fingerprint density at radius 3 is 1.30 bits per heavy atom. The second kappa shape index (κ2) is 15.9. The lowest BCUT2D eigenvalue weighted by Crippen LogP contribution is -2.11. The summed E-state index contributed by atoms with van der Waals surface area (Å²) in [5, 5.41) is 0. The summed E-state index contributed by atoms with van der Waals surface area (Å²) in [7, 11) is 0. The van der Waals surface area contributed by atoms with Gasteiger partial charge in [0.1, 0.15) is 17.2 Å². The van der Waals surface area contributed by atoms with Crippen LogP contribution in [0.3, 0.4) is 0 Å². The van der Waals surface area contributed by atoms with Gasteiger partial charge in [-0.2, -0.15) is 0 Å². The molecule has 0 unspecified atom stereocenters. The Morgan fingerprint density at radius 1 is 0.426 bits per heavy atom. The van der Waals surface area contributed by atoms with Gasteiger partial charge in [-0.05, 0) is 71.3 Å². The van der Waals surface area contributed by atoms with E-state index in [1.165, 1.54) is 60.7 Å². The van der Waals surface area contributed by atoms with Gasteiger partial charge in [0.25, 0.3) is 0 Å². The molecule has 0 aromatic heterocycles. The van der Waals surface area contributed by atoms with E-state index in [0.29, 0.717) is 0 Å². The smallest absolute Gasteiger partial charge is 0.336 e. The molecule has 47 heavy (non-hydrogen) atoms. The monoisotopic (exact) mass is 620 g/mol. The van der Waals surface area contributed by atoms with E-state index >= 15 is 0 Å². The average molecular weight is 621 g/mol. The molecule has 0 radical (unpaired) electrons. The van der Waals surface area contributed by atoms with Gasteiger partial charge in [-0.3, -0.25) is 4.79 Å². The number of benzene rings is 5. The van der Waals surface area contributed by atoms with Crippen molar-refractivity contribution in [2.75, 3.05) is 0 Å². The Bertz CT molecular complexity index is 1940. The third-order valence-corrected chi connectivity index (χ3v) is 6.60. The predicted molar refractivity (Wildman–Crippen MR) is 180 cm³/mol. The van der Waals surface area contributed by atoms with Crippen LogP contribution >= 0.6 is 0 Å². The zero-order chi connectivity index (χ0) is 32.8. The summed E-state index contributed by atoms with van der Waals surface area (Å²) >= 11 is 0. The molecular formula is C40H28O7. The van der Waals surface area contributed by atoms with Gasteiger partial charge < -0.3 is 14.2 Å². The van der Waals surface area contributed by atoms with Gasteiger partial charge in [0.15, 0.2) is 5.78 Å². The van der Waals surface area contributed by atoms with Crippen LogP contribution in [0, 0.1) is 0 Å². The van der Waals surface area contributed by atoms with E-state index in [1.54, 1.807) is 18.2 Å². The SMILES string of the molecule is O=C(C=Cc1ccccc1)Oc1ccc(C(=O)c2ccc(OC(=O)C=Cc3ccccc3)cc2OC(=O)C=Cc2ccccc2)cc1. The summed E-state index contributed by atoms with van der Waals surface area (Å²) in [5.74, 6) is -2.22. The maximum atomic E-state index is 13.6. The van der Waals surface area contributed by atoms with Crippen molar-refractivity contribution in [2.45, 2.75) is 0 Å². The third-order valence-electron chi connectivity index (χ3n) is 6.60. The summed E-state index contributed by atoms with van der Waals surface area (Å²) in [5.41, 5.74) is 2.75. The molecule has 0 bridgehead atoms. The van der Waals surface area contributed by atoms with Gasteiger partial charge in [0.2, 0.25) is 0 Å². The van der Waals surface area contributed by atoms with Gasteiger partial charge >= 0.3 is 17.9 Å². The Kier molecular flexibility index (Phi) is 10.8. The van der Waals surface area contributed by atoms with Crippen LogP contribution in [0.4, 0.5) is 0 Å². The maximum Gasteiger partial charge on any atom is 0.336 e. The van der Waals surface area contributed by atoms with E-state index in [4.69, 9.17) is 14.2 Å². The molecule has 0 aliphatic rings. The molecular weight excluding hydrogens is 592 g/mol. The highest BCUT2D eigenvalue weighted by atomic mass is 16.5. The van der Waals surface area contributed by atoms with E-state index in [2.05, 4.69) is 0 Å². The van der Waals surface area contributed by atoms with Crippen LogP contribution in [0.25, 0.3) is 18.2 Å². The standard InChI is InChI=1S/C40H28O7/c41-37(25-16-29-10-4-1-5-11-29)45-33-21-19-32(20-22-33)40(44)35-24-23-34(46-38(42)26-17-30-12-6-2-7-13-30)28-36(35)47-39(43)27-18-31-14-8-3-9-15-31/h1-28H. The molecule has 0 atom stereocenters. The third kappa shape index (κ3) is 9.69. The number of rotatable bonds is 11. The van der Waals surface area contributed by atoms with Gasteiger partial charge in [-0.15, -0.1) is 0 Å². The molecule has 7 heteroatoms. The Morgan fingerprint density at radius 2 is 0.830 bits per heavy atom. The first-order valence-corrected chi connectivity index (χ1v) is 14.6. The lowest BCUT2D eigenvalue weighted by Gasteiger charge is -2.11. The van der Waals surface area contributed by atoms with Gasteiger partial charge in [0, 0.05) is 29.9 Å². The second-order valence-electron chi connectivity index (χ2n) is 10.0. The number of ketones is 1. The first-order valence-electron chi connectivity index (χ1n) is 14.6. The predicted octanol–water partition coefficient (Wildman–Crippen LogP) is 7.77. The molecule has 5 aromatic carbocycles. The number of hydrogen-bond acceptors (Lipinski definition) is 7. The summed E-state index contributed by atoms with van der Waals surface area (Å²) in [6.45, 7) is 0. The van der Waals surface area contributed by atoms with Crippen molar-refractivity contribution in [2.24, 2.45) is 0 Å². The van der Waals surface area contributed by atoms with E-state index in [1.807, 2.05) is 91.0 Å². The van der Waals surface area contributed by atoms with E-state index < -0.39 is 23.7 Å². The quantitative estimate of drug-likeness (QED) is 0.0644. The fourth-order valence-corrected chi connectivity index (χ4v) is 4.30. The van der Waals surface area contributed by atoms with Crippen molar-refractivity contribution < 1.29 is 33.4 Å². The van der Waals surface area contributed by atoms with Crippen LogP contribution < -0.4 is 14.2 Å². The Labute approximate surface area is 271 Å². The van der Waals surface area contributed by atoms with Crippen LogP contribution in [0.2, 0.25) is 0 Å². The van der Waals surface area contributed by atoms with E-state index in [-0.39, 0.29) is 28.4 Å². The van der Waals surface area contributed by atoms with Crippen molar-refractivity contribution in [1.29, 1.82) is 0 Å². The zero-order valence-corrected chi connectivity index (χ0v) is 25.0. The minimum atomic E-state index is -0.735. The Hall–Kier alpha value is -6.60. The van der Waals surface area contributed by atoms with Gasteiger partial charge in [0.05, 0.1) is 5.56 Å². The molecule has 0 N–H and O–H groups in total. The molecule has 0 saturated carbocycles. The molecule has 0 aliphatic carbocycles. The molecule has 0 spiro atoms. The topological polar surface area (TPSA) is 96.0 Å². The summed E-state index contributed by atoms with van der Waals surface area (Å²) < 4.78 is 16.3. The first kappa shape index (κ1) is 31.8. The normalized spacial score (nSPS) is 11.1. The number of carbonyl (C=O) groups is 4. The molecule has 0 fully saturated rings. The van der Waals surface area contributed by atoms with Crippen LogP contribution in [0.15, 0.2) is 152 Å². The maximum absolute atomic E-state index is 13.6. The Balaban J connectivity index is 1.32. The number of hydrogen-bond donors (Lipinski definition) is 0. The highest BCUT2D eigenvalue weighted by molar-refractivity contribution is 6.11. The lowest BCUT2D eigenvalue weighted by atomic mass is 10.0. The number of esters is 3. The first-order chi connectivity index (χ1) is 22.9. The second-order valence-corrected chi connectivity index (χ2v) is 10.0. The van der Waals surface area contributed by atoms with Crippen LogP contribution in [-0.4, -0.2) is 23.7 Å². The average Bonchev–Trinajstić information content (AvgIpc) is 3.10. The molecule has 230 valence electrons. The summed E-state index contributed by atoms with van der Waals surface area (Å²) in [4.78, 5) is 51.1. The molecule has 5 aromatic rings. The molecule has 5 rings (SSSR count). The van der Waals surface area contributed by atoms with Crippen LogP contribution in [0.1, 0.15) is 32.6 Å². The highest BCUT2D eigenvalue weighted by Gasteiger charge is 2.19. The molecule has 0 aliphatic heterocycles. The van der Waals surface area contributed by atoms with Crippen molar-refractivity contribution in [3.05, 3.63) is 180 Å². The minimum Gasteiger partial charge on any atom is -0.423 e. The summed E-state index contributed by atoms with van der Waals surface area (Å²) in [6, 6.07) is 37.8. The van der Waals surface area contributed by atoms with Crippen molar-refractivity contribution >= 4 is 41.9 Å². The largest absolute Gasteiger partial charge is 0.423 e. The number of carbonyl (C=O) groups excluding carboxylic acids is 4.